The molecular formula is C15H18N2S. The Labute approximate surface area is 112 Å². The van der Waals surface area contributed by atoms with Crippen LogP contribution < -0.4 is 5.32 Å². The fourth-order valence-corrected chi connectivity index (χ4v) is 3.28. The predicted octanol–water partition coefficient (Wildman–Crippen LogP) is 3.35. The lowest BCUT2D eigenvalue weighted by Crippen LogP contribution is -2.09. The van der Waals surface area contributed by atoms with Crippen molar-refractivity contribution in [2.75, 3.05) is 13.1 Å². The van der Waals surface area contributed by atoms with Crippen LogP contribution in [0.3, 0.4) is 0 Å². The average molecular weight is 258 g/mol. The molecule has 1 fully saturated rings. The van der Waals surface area contributed by atoms with Crippen molar-refractivity contribution in [2.24, 2.45) is 5.92 Å². The van der Waals surface area contributed by atoms with Crippen LogP contribution in [0.4, 0.5) is 0 Å². The molecule has 1 aromatic heterocycles. The molecular weight excluding hydrogens is 240 g/mol. The molecule has 2 aromatic rings. The van der Waals surface area contributed by atoms with Crippen LogP contribution >= 0.6 is 11.3 Å². The lowest BCUT2D eigenvalue weighted by Gasteiger charge is -2.05. The summed E-state index contributed by atoms with van der Waals surface area (Å²) in [5.41, 5.74) is 2.35. The first-order valence-corrected chi connectivity index (χ1v) is 7.50. The van der Waals surface area contributed by atoms with Crippen LogP contribution in [0.25, 0.3) is 11.3 Å². The second-order valence-corrected chi connectivity index (χ2v) is 5.83. The van der Waals surface area contributed by atoms with Gasteiger partial charge in [-0.1, -0.05) is 30.3 Å². The molecule has 0 bridgehead atoms. The van der Waals surface area contributed by atoms with Gasteiger partial charge in [0.15, 0.2) is 0 Å². The van der Waals surface area contributed by atoms with Crippen molar-refractivity contribution >= 4 is 11.3 Å². The van der Waals surface area contributed by atoms with E-state index in [2.05, 4.69) is 35.0 Å². The smallest absolute Gasteiger partial charge is 0.0932 e. The zero-order valence-corrected chi connectivity index (χ0v) is 11.2. The van der Waals surface area contributed by atoms with Crippen molar-refractivity contribution in [1.82, 2.24) is 10.3 Å². The fourth-order valence-electron chi connectivity index (χ4n) is 2.46. The van der Waals surface area contributed by atoms with E-state index in [0.717, 1.165) is 18.0 Å². The Balaban J connectivity index is 1.63. The molecule has 0 amide bonds. The molecule has 1 aliphatic rings. The molecule has 0 aliphatic carbocycles. The monoisotopic (exact) mass is 258 g/mol. The van der Waals surface area contributed by atoms with Crippen molar-refractivity contribution in [3.63, 3.8) is 0 Å². The number of nitrogens with zero attached hydrogens (tertiary/aromatic N) is 1. The number of nitrogens with one attached hydrogen (secondary N) is 1. The van der Waals surface area contributed by atoms with Gasteiger partial charge in [-0.2, -0.15) is 0 Å². The first kappa shape index (κ1) is 11.9. The number of hydrogen-bond acceptors (Lipinski definition) is 3. The number of aryl methyl sites for hydroxylation is 1. The second-order valence-electron chi connectivity index (χ2n) is 4.89. The molecule has 1 saturated heterocycles. The lowest BCUT2D eigenvalue weighted by atomic mass is 10.0. The van der Waals surface area contributed by atoms with E-state index in [1.54, 1.807) is 11.3 Å². The minimum Gasteiger partial charge on any atom is -0.316 e. The molecule has 2 nitrogen and oxygen atoms in total. The van der Waals surface area contributed by atoms with E-state index in [9.17, 15) is 0 Å². The van der Waals surface area contributed by atoms with E-state index >= 15 is 0 Å². The first-order chi connectivity index (χ1) is 8.92. The third kappa shape index (κ3) is 2.79. The first-order valence-electron chi connectivity index (χ1n) is 6.62. The van der Waals surface area contributed by atoms with Crippen LogP contribution in [0.15, 0.2) is 35.7 Å². The van der Waals surface area contributed by atoms with Gasteiger partial charge in [-0.05, 0) is 38.3 Å². The van der Waals surface area contributed by atoms with Gasteiger partial charge in [0.25, 0.3) is 0 Å². The van der Waals surface area contributed by atoms with E-state index in [1.807, 2.05) is 6.07 Å². The highest BCUT2D eigenvalue weighted by molar-refractivity contribution is 7.09. The SMILES string of the molecule is c1ccc(-c2csc(CCC3CCNC3)n2)cc1. The third-order valence-corrected chi connectivity index (χ3v) is 4.46. The zero-order chi connectivity index (χ0) is 12.2. The summed E-state index contributed by atoms with van der Waals surface area (Å²) < 4.78 is 0. The Morgan fingerprint density at radius 3 is 2.94 bits per heavy atom. The van der Waals surface area contributed by atoms with Crippen LogP contribution in [0.5, 0.6) is 0 Å². The molecule has 1 aromatic carbocycles. The Morgan fingerprint density at radius 2 is 2.17 bits per heavy atom. The molecule has 3 rings (SSSR count). The Hall–Kier alpha value is -1.19. The number of thiazole rings is 1. The summed E-state index contributed by atoms with van der Waals surface area (Å²) in [6.07, 6.45) is 3.73. The molecule has 1 atom stereocenters. The molecule has 3 heteroatoms. The minimum absolute atomic E-state index is 0.856. The molecule has 18 heavy (non-hydrogen) atoms. The Morgan fingerprint density at radius 1 is 1.28 bits per heavy atom. The number of aromatic nitrogens is 1. The average Bonchev–Trinajstić information content (AvgIpc) is 3.09. The second kappa shape index (κ2) is 5.63. The lowest BCUT2D eigenvalue weighted by molar-refractivity contribution is 0.532. The third-order valence-electron chi connectivity index (χ3n) is 3.55. The molecule has 1 unspecified atom stereocenters. The van der Waals surface area contributed by atoms with Gasteiger partial charge in [0.1, 0.15) is 0 Å². The number of hydrogen-bond donors (Lipinski definition) is 1. The van der Waals surface area contributed by atoms with Gasteiger partial charge in [-0.25, -0.2) is 4.98 Å². The summed E-state index contributed by atoms with van der Waals surface area (Å²) in [4.78, 5) is 4.74. The van der Waals surface area contributed by atoms with Gasteiger partial charge in [0.05, 0.1) is 10.7 Å². The van der Waals surface area contributed by atoms with Crippen molar-refractivity contribution in [1.29, 1.82) is 0 Å². The van der Waals surface area contributed by atoms with Crippen molar-refractivity contribution in [3.05, 3.63) is 40.7 Å². The molecule has 94 valence electrons. The van der Waals surface area contributed by atoms with Gasteiger partial charge in [0.2, 0.25) is 0 Å². The van der Waals surface area contributed by atoms with Gasteiger partial charge >= 0.3 is 0 Å². The van der Waals surface area contributed by atoms with Crippen LogP contribution in [-0.4, -0.2) is 18.1 Å². The van der Waals surface area contributed by atoms with E-state index in [1.165, 1.54) is 36.5 Å². The van der Waals surface area contributed by atoms with Crippen LogP contribution in [0.1, 0.15) is 17.8 Å². The van der Waals surface area contributed by atoms with Crippen molar-refractivity contribution < 1.29 is 0 Å². The summed E-state index contributed by atoms with van der Waals surface area (Å²) in [5.74, 6) is 0.856. The maximum absolute atomic E-state index is 4.74. The highest BCUT2D eigenvalue weighted by Gasteiger charge is 2.14. The maximum atomic E-state index is 4.74. The summed E-state index contributed by atoms with van der Waals surface area (Å²) >= 11 is 1.80. The van der Waals surface area contributed by atoms with Crippen molar-refractivity contribution in [3.8, 4) is 11.3 Å². The molecule has 0 spiro atoms. The van der Waals surface area contributed by atoms with E-state index < -0.39 is 0 Å². The normalized spacial score (nSPS) is 19.2. The van der Waals surface area contributed by atoms with Crippen LogP contribution in [0.2, 0.25) is 0 Å². The van der Waals surface area contributed by atoms with E-state index in [4.69, 9.17) is 4.98 Å². The number of benzene rings is 1. The van der Waals surface area contributed by atoms with Gasteiger partial charge in [-0.15, -0.1) is 11.3 Å². The van der Waals surface area contributed by atoms with Crippen LogP contribution in [0, 0.1) is 5.92 Å². The zero-order valence-electron chi connectivity index (χ0n) is 10.4. The maximum Gasteiger partial charge on any atom is 0.0932 e. The van der Waals surface area contributed by atoms with Gasteiger partial charge < -0.3 is 5.32 Å². The molecule has 0 radical (unpaired) electrons. The van der Waals surface area contributed by atoms with Crippen molar-refractivity contribution in [2.45, 2.75) is 19.3 Å². The molecule has 2 heterocycles. The highest BCUT2D eigenvalue weighted by Crippen LogP contribution is 2.24. The Kier molecular flexibility index (Phi) is 3.72. The van der Waals surface area contributed by atoms with E-state index in [-0.39, 0.29) is 0 Å². The summed E-state index contributed by atoms with van der Waals surface area (Å²) in [7, 11) is 0. The molecule has 1 aliphatic heterocycles. The van der Waals surface area contributed by atoms with Gasteiger partial charge in [0, 0.05) is 10.9 Å². The molecule has 0 saturated carbocycles. The summed E-state index contributed by atoms with van der Waals surface area (Å²) in [6.45, 7) is 2.38. The predicted molar refractivity (Wildman–Crippen MR) is 76.8 cm³/mol. The fraction of sp³-hybridized carbons (Fsp3) is 0.400. The largest absolute Gasteiger partial charge is 0.316 e. The Bertz CT molecular complexity index is 486. The highest BCUT2D eigenvalue weighted by atomic mass is 32.1. The summed E-state index contributed by atoms with van der Waals surface area (Å²) in [5, 5.41) is 6.88. The minimum atomic E-state index is 0.856. The van der Waals surface area contributed by atoms with E-state index in [0.29, 0.717) is 0 Å². The number of rotatable bonds is 4. The topological polar surface area (TPSA) is 24.9 Å². The van der Waals surface area contributed by atoms with Gasteiger partial charge in [-0.3, -0.25) is 0 Å². The molecule has 1 N–H and O–H groups in total. The summed E-state index contributed by atoms with van der Waals surface area (Å²) in [6, 6.07) is 10.4. The standard InChI is InChI=1S/C15H18N2S/c1-2-4-13(5-3-1)14-11-18-15(17-14)7-6-12-8-9-16-10-12/h1-5,11-12,16H,6-10H2. The quantitative estimate of drug-likeness (QED) is 0.909. The van der Waals surface area contributed by atoms with Crippen LogP contribution in [-0.2, 0) is 6.42 Å².